The molecule has 0 amide bonds. The van der Waals surface area contributed by atoms with Gasteiger partial charge in [-0.1, -0.05) is 6.07 Å². The van der Waals surface area contributed by atoms with E-state index in [-0.39, 0.29) is 11.3 Å². The molecule has 4 heteroatoms. The number of benzene rings is 1. The molecular formula is C10H7NO3. The Morgan fingerprint density at radius 3 is 2.86 bits per heavy atom. The molecule has 0 spiro atoms. The molecule has 0 fully saturated rings. The topological polar surface area (TPSA) is 70.4 Å². The fourth-order valence-corrected chi connectivity index (χ4v) is 1.34. The number of hydrogen-bond donors (Lipinski definition) is 2. The van der Waals surface area contributed by atoms with Gasteiger partial charge in [0.1, 0.15) is 5.75 Å². The predicted molar refractivity (Wildman–Crippen MR) is 50.4 cm³/mol. The molecule has 0 aliphatic rings. The number of phenols is 1. The maximum absolute atomic E-state index is 10.8. The van der Waals surface area contributed by atoms with E-state index in [4.69, 9.17) is 5.11 Å². The second-order valence-corrected chi connectivity index (χ2v) is 2.87. The first-order chi connectivity index (χ1) is 6.68. The number of carboxylic acid groups (broad SMARTS) is 1. The van der Waals surface area contributed by atoms with Crippen LogP contribution in [0.2, 0.25) is 0 Å². The molecule has 14 heavy (non-hydrogen) atoms. The van der Waals surface area contributed by atoms with E-state index in [1.54, 1.807) is 12.1 Å². The van der Waals surface area contributed by atoms with Crippen LogP contribution in [0.4, 0.5) is 0 Å². The minimum absolute atomic E-state index is 0.0144. The molecule has 1 heterocycles. The van der Waals surface area contributed by atoms with E-state index in [0.717, 1.165) is 0 Å². The molecule has 2 N–H and O–H groups in total. The van der Waals surface area contributed by atoms with E-state index in [0.29, 0.717) is 10.9 Å². The molecule has 70 valence electrons. The number of aromatic nitrogens is 1. The lowest BCUT2D eigenvalue weighted by atomic mass is 10.1. The maximum Gasteiger partial charge on any atom is 0.338 e. The Hall–Kier alpha value is -2.10. The lowest BCUT2D eigenvalue weighted by Crippen LogP contribution is -1.98. The molecule has 0 unspecified atom stereocenters. The molecule has 0 atom stereocenters. The van der Waals surface area contributed by atoms with E-state index in [1.807, 2.05) is 0 Å². The fourth-order valence-electron chi connectivity index (χ4n) is 1.34. The number of carboxylic acids is 1. The summed E-state index contributed by atoms with van der Waals surface area (Å²) in [6.45, 7) is 0. The van der Waals surface area contributed by atoms with Crippen molar-refractivity contribution >= 4 is 16.9 Å². The van der Waals surface area contributed by atoms with Crippen LogP contribution in [-0.2, 0) is 0 Å². The number of pyridine rings is 1. The van der Waals surface area contributed by atoms with Crippen LogP contribution < -0.4 is 0 Å². The van der Waals surface area contributed by atoms with Crippen molar-refractivity contribution in [1.29, 1.82) is 0 Å². The quantitative estimate of drug-likeness (QED) is 0.715. The summed E-state index contributed by atoms with van der Waals surface area (Å²) in [5.41, 5.74) is 0.401. The van der Waals surface area contributed by atoms with Crippen molar-refractivity contribution in [3.05, 3.63) is 36.0 Å². The zero-order valence-electron chi connectivity index (χ0n) is 7.14. The van der Waals surface area contributed by atoms with Gasteiger partial charge in [-0.2, -0.15) is 0 Å². The highest BCUT2D eigenvalue weighted by Crippen LogP contribution is 2.22. The summed E-state index contributed by atoms with van der Waals surface area (Å²) >= 11 is 0. The number of rotatable bonds is 1. The molecule has 0 aliphatic carbocycles. The first-order valence-electron chi connectivity index (χ1n) is 3.99. The number of hydrogen-bond acceptors (Lipinski definition) is 3. The first kappa shape index (κ1) is 8.50. The summed E-state index contributed by atoms with van der Waals surface area (Å²) < 4.78 is 0. The second-order valence-electron chi connectivity index (χ2n) is 2.87. The molecule has 0 aliphatic heterocycles. The second kappa shape index (κ2) is 2.99. The van der Waals surface area contributed by atoms with Crippen LogP contribution in [0.15, 0.2) is 30.5 Å². The lowest BCUT2D eigenvalue weighted by molar-refractivity contribution is 0.0698. The van der Waals surface area contributed by atoms with Crippen LogP contribution in [0.25, 0.3) is 10.9 Å². The Balaban J connectivity index is 2.87. The molecule has 1 aromatic carbocycles. The molecule has 2 rings (SSSR count). The van der Waals surface area contributed by atoms with Crippen molar-refractivity contribution < 1.29 is 15.0 Å². The van der Waals surface area contributed by atoms with Gasteiger partial charge in [0.05, 0.1) is 11.1 Å². The van der Waals surface area contributed by atoms with Crippen molar-refractivity contribution in [2.75, 3.05) is 0 Å². The zero-order chi connectivity index (χ0) is 10.1. The number of phenolic OH excluding ortho intramolecular Hbond substituents is 1. The highest BCUT2D eigenvalue weighted by molar-refractivity contribution is 6.02. The molecule has 0 saturated carbocycles. The van der Waals surface area contributed by atoms with E-state index in [2.05, 4.69) is 4.98 Å². The summed E-state index contributed by atoms with van der Waals surface area (Å²) in [5, 5.41) is 18.7. The molecule has 0 bridgehead atoms. The summed E-state index contributed by atoms with van der Waals surface area (Å²) in [4.78, 5) is 14.8. The minimum Gasteiger partial charge on any atom is -0.508 e. The molecule has 2 aromatic rings. The highest BCUT2D eigenvalue weighted by atomic mass is 16.4. The average Bonchev–Trinajstić information content (AvgIpc) is 2.16. The van der Waals surface area contributed by atoms with Crippen LogP contribution in [-0.4, -0.2) is 21.2 Å². The number of aromatic hydroxyl groups is 1. The molecule has 0 saturated heterocycles. The van der Waals surface area contributed by atoms with E-state index in [1.165, 1.54) is 18.3 Å². The number of nitrogens with zero attached hydrogens (tertiary/aromatic N) is 1. The third kappa shape index (κ3) is 1.26. The van der Waals surface area contributed by atoms with E-state index in [9.17, 15) is 9.90 Å². The van der Waals surface area contributed by atoms with E-state index < -0.39 is 5.97 Å². The SMILES string of the molecule is O=C(O)c1cc(O)cc2cccnc12. The predicted octanol–water partition coefficient (Wildman–Crippen LogP) is 1.64. The number of fused-ring (bicyclic) bond motifs is 1. The van der Waals surface area contributed by atoms with Gasteiger partial charge in [0.2, 0.25) is 0 Å². The molecule has 1 aromatic heterocycles. The minimum atomic E-state index is -1.09. The molecular weight excluding hydrogens is 182 g/mol. The Kier molecular flexibility index (Phi) is 1.81. The fraction of sp³-hybridized carbons (Fsp3) is 0. The zero-order valence-corrected chi connectivity index (χ0v) is 7.14. The van der Waals surface area contributed by atoms with Crippen LogP contribution in [0, 0.1) is 0 Å². The van der Waals surface area contributed by atoms with Gasteiger partial charge in [0.25, 0.3) is 0 Å². The first-order valence-corrected chi connectivity index (χ1v) is 3.99. The monoisotopic (exact) mass is 189 g/mol. The third-order valence-electron chi connectivity index (χ3n) is 1.92. The van der Waals surface area contributed by atoms with E-state index >= 15 is 0 Å². The van der Waals surface area contributed by atoms with Crippen molar-refractivity contribution in [2.24, 2.45) is 0 Å². The van der Waals surface area contributed by atoms with Gasteiger partial charge in [0.15, 0.2) is 0 Å². The largest absolute Gasteiger partial charge is 0.508 e. The maximum atomic E-state index is 10.8. The number of aromatic carboxylic acids is 1. The van der Waals surface area contributed by atoms with Crippen molar-refractivity contribution in [2.45, 2.75) is 0 Å². The standard InChI is InChI=1S/C10H7NO3/c12-7-4-6-2-1-3-11-9(6)8(5-7)10(13)14/h1-5,12H,(H,13,14). The smallest absolute Gasteiger partial charge is 0.338 e. The summed E-state index contributed by atoms with van der Waals surface area (Å²) in [7, 11) is 0. The Morgan fingerprint density at radius 2 is 2.14 bits per heavy atom. The van der Waals surface area contributed by atoms with Gasteiger partial charge in [0, 0.05) is 11.6 Å². The van der Waals surface area contributed by atoms with Crippen molar-refractivity contribution in [3.63, 3.8) is 0 Å². The van der Waals surface area contributed by atoms with Gasteiger partial charge in [-0.3, -0.25) is 4.98 Å². The van der Waals surface area contributed by atoms with Gasteiger partial charge >= 0.3 is 5.97 Å². The lowest BCUT2D eigenvalue weighted by Gasteiger charge is -2.01. The van der Waals surface area contributed by atoms with Crippen LogP contribution in [0.1, 0.15) is 10.4 Å². The van der Waals surface area contributed by atoms with Gasteiger partial charge in [-0.15, -0.1) is 0 Å². The normalized spacial score (nSPS) is 10.3. The average molecular weight is 189 g/mol. The summed E-state index contributed by atoms with van der Waals surface area (Å²) in [5.74, 6) is -1.16. The summed E-state index contributed by atoms with van der Waals surface area (Å²) in [6, 6.07) is 6.06. The Labute approximate surface area is 79.4 Å². The van der Waals surface area contributed by atoms with Crippen LogP contribution >= 0.6 is 0 Å². The Bertz CT molecular complexity index is 508. The third-order valence-corrected chi connectivity index (χ3v) is 1.92. The molecule has 0 radical (unpaired) electrons. The Morgan fingerprint density at radius 1 is 1.36 bits per heavy atom. The van der Waals surface area contributed by atoms with Crippen LogP contribution in [0.3, 0.4) is 0 Å². The summed E-state index contributed by atoms with van der Waals surface area (Å²) in [6.07, 6.45) is 1.52. The van der Waals surface area contributed by atoms with Crippen LogP contribution in [0.5, 0.6) is 5.75 Å². The highest BCUT2D eigenvalue weighted by Gasteiger charge is 2.10. The van der Waals surface area contributed by atoms with Gasteiger partial charge in [-0.25, -0.2) is 4.79 Å². The van der Waals surface area contributed by atoms with Crippen molar-refractivity contribution in [1.82, 2.24) is 4.98 Å². The van der Waals surface area contributed by atoms with Crippen molar-refractivity contribution in [3.8, 4) is 5.75 Å². The molecule has 4 nitrogen and oxygen atoms in total. The van der Waals surface area contributed by atoms with Gasteiger partial charge in [-0.05, 0) is 18.2 Å². The van der Waals surface area contributed by atoms with Gasteiger partial charge < -0.3 is 10.2 Å². The number of carbonyl (C=O) groups is 1.